The zero-order chi connectivity index (χ0) is 17.0. The Kier molecular flexibility index (Phi) is 6.07. The van der Waals surface area contributed by atoms with Crippen molar-refractivity contribution in [2.45, 2.75) is 58.4 Å². The molecule has 1 aliphatic heterocycles. The molecule has 5 atom stereocenters. The van der Waals surface area contributed by atoms with Gasteiger partial charge in [-0.15, -0.1) is 0 Å². The Bertz CT molecular complexity index is 471. The Morgan fingerprint density at radius 1 is 0.864 bits per heavy atom. The number of hydrogen-bond donors (Lipinski definition) is 1. The third-order valence-corrected chi connectivity index (χ3v) is 2.90. The van der Waals surface area contributed by atoms with Crippen molar-refractivity contribution in [1.82, 2.24) is 0 Å². The number of carbonyl (C=O) groups is 3. The molecule has 1 rings (SSSR count). The average Bonchev–Trinajstić information content (AvgIpc) is 2.34. The highest BCUT2D eigenvalue weighted by Gasteiger charge is 2.51. The first kappa shape index (κ1) is 18.1. The summed E-state index contributed by atoms with van der Waals surface area (Å²) in [6.07, 6.45) is -6.08. The number of rotatable bonds is 4. The Hall–Kier alpha value is -1.93. The zero-order valence-electron chi connectivity index (χ0n) is 12.9. The van der Waals surface area contributed by atoms with Gasteiger partial charge in [0, 0.05) is 20.8 Å². The SMILES string of the molecule is C=C(C)[C@H]1O[C@@H](O)[C@H](OC(C)=O)[C@@H](OC(C)=O)[C@@H]1OC(C)=O. The van der Waals surface area contributed by atoms with Crippen LogP contribution < -0.4 is 0 Å². The summed E-state index contributed by atoms with van der Waals surface area (Å²) in [5.41, 5.74) is 0.448. The van der Waals surface area contributed by atoms with Gasteiger partial charge in [0.1, 0.15) is 6.10 Å². The topological polar surface area (TPSA) is 108 Å². The summed E-state index contributed by atoms with van der Waals surface area (Å²) in [5.74, 6) is -2.04. The molecule has 22 heavy (non-hydrogen) atoms. The number of esters is 3. The lowest BCUT2D eigenvalue weighted by atomic mass is 9.94. The van der Waals surface area contributed by atoms with Crippen molar-refractivity contribution in [2.24, 2.45) is 0 Å². The van der Waals surface area contributed by atoms with Gasteiger partial charge in [0.05, 0.1) is 0 Å². The van der Waals surface area contributed by atoms with Crippen molar-refractivity contribution in [1.29, 1.82) is 0 Å². The first-order chi connectivity index (χ1) is 10.1. The highest BCUT2D eigenvalue weighted by atomic mass is 16.7. The van der Waals surface area contributed by atoms with Crippen molar-refractivity contribution in [3.63, 3.8) is 0 Å². The summed E-state index contributed by atoms with van der Waals surface area (Å²) in [4.78, 5) is 33.8. The van der Waals surface area contributed by atoms with Crippen molar-refractivity contribution >= 4 is 17.9 Å². The first-order valence-corrected chi connectivity index (χ1v) is 6.64. The lowest BCUT2D eigenvalue weighted by Crippen LogP contribution is -2.61. The fourth-order valence-electron chi connectivity index (χ4n) is 2.19. The molecule has 1 aliphatic rings. The Morgan fingerprint density at radius 2 is 1.27 bits per heavy atom. The molecule has 8 nitrogen and oxygen atoms in total. The van der Waals surface area contributed by atoms with Crippen LogP contribution in [0.15, 0.2) is 12.2 Å². The smallest absolute Gasteiger partial charge is 0.303 e. The molecule has 1 heterocycles. The minimum atomic E-state index is -1.55. The minimum absolute atomic E-state index is 0.448. The monoisotopic (exact) mass is 316 g/mol. The van der Waals surface area contributed by atoms with Gasteiger partial charge in [0.2, 0.25) is 0 Å². The van der Waals surface area contributed by atoms with Gasteiger partial charge >= 0.3 is 17.9 Å². The fraction of sp³-hybridized carbons (Fsp3) is 0.643. The molecule has 1 N–H and O–H groups in total. The zero-order valence-corrected chi connectivity index (χ0v) is 12.9. The second-order valence-electron chi connectivity index (χ2n) is 5.02. The largest absolute Gasteiger partial charge is 0.455 e. The van der Waals surface area contributed by atoms with Gasteiger partial charge in [0.25, 0.3) is 0 Å². The highest BCUT2D eigenvalue weighted by molar-refractivity contribution is 5.68. The van der Waals surface area contributed by atoms with Crippen LogP contribution in [0.1, 0.15) is 27.7 Å². The molecule has 0 bridgehead atoms. The first-order valence-electron chi connectivity index (χ1n) is 6.64. The van der Waals surface area contributed by atoms with Gasteiger partial charge in [-0.25, -0.2) is 0 Å². The third kappa shape index (κ3) is 4.54. The quantitative estimate of drug-likeness (QED) is 0.441. The molecule has 0 spiro atoms. The number of hydrogen-bond acceptors (Lipinski definition) is 8. The summed E-state index contributed by atoms with van der Waals surface area (Å²) in [6.45, 7) is 8.74. The van der Waals surface area contributed by atoms with Crippen LogP contribution in [0, 0.1) is 0 Å². The summed E-state index contributed by atoms with van der Waals surface area (Å²) < 4.78 is 20.5. The lowest BCUT2D eigenvalue weighted by Gasteiger charge is -2.43. The average molecular weight is 316 g/mol. The fourth-order valence-corrected chi connectivity index (χ4v) is 2.19. The van der Waals surface area contributed by atoms with Gasteiger partial charge in [-0.1, -0.05) is 6.58 Å². The predicted octanol–water partition coefficient (Wildman–Crippen LogP) is 0.0748. The molecule has 0 saturated carbocycles. The van der Waals surface area contributed by atoms with Crippen LogP contribution >= 0.6 is 0 Å². The molecule has 0 unspecified atom stereocenters. The molecule has 0 aliphatic carbocycles. The third-order valence-electron chi connectivity index (χ3n) is 2.90. The minimum Gasteiger partial charge on any atom is -0.455 e. The summed E-state index contributed by atoms with van der Waals surface area (Å²) in [6, 6.07) is 0. The van der Waals surface area contributed by atoms with E-state index < -0.39 is 48.6 Å². The van der Waals surface area contributed by atoms with Crippen LogP contribution in [0.2, 0.25) is 0 Å². The van der Waals surface area contributed by atoms with Crippen molar-refractivity contribution in [3.05, 3.63) is 12.2 Å². The van der Waals surface area contributed by atoms with E-state index in [1.165, 1.54) is 6.92 Å². The van der Waals surface area contributed by atoms with Crippen LogP contribution in [-0.4, -0.2) is 53.7 Å². The standard InChI is InChI=1S/C14H20O8/c1-6(2)10-11(19-7(3)15)12(20-8(4)16)13(14(18)22-10)21-9(5)17/h10-14,18H,1H2,2-5H3/t10-,11-,12+,13-,14-/m1/s1. The van der Waals surface area contributed by atoms with Crippen LogP contribution in [0.4, 0.5) is 0 Å². The van der Waals surface area contributed by atoms with E-state index in [4.69, 9.17) is 18.9 Å². The molecular weight excluding hydrogens is 296 g/mol. The van der Waals surface area contributed by atoms with Gasteiger partial charge in [0.15, 0.2) is 24.6 Å². The number of ether oxygens (including phenoxy) is 4. The van der Waals surface area contributed by atoms with Crippen molar-refractivity contribution < 1.29 is 38.4 Å². The Balaban J connectivity index is 3.18. The molecule has 1 fully saturated rings. The molecule has 0 amide bonds. The van der Waals surface area contributed by atoms with Gasteiger partial charge in [-0.3, -0.25) is 14.4 Å². The maximum atomic E-state index is 11.3. The molecule has 0 aromatic rings. The van der Waals surface area contributed by atoms with E-state index >= 15 is 0 Å². The van der Waals surface area contributed by atoms with Crippen LogP contribution in [0.3, 0.4) is 0 Å². The summed E-state index contributed by atoms with van der Waals surface area (Å²) >= 11 is 0. The van der Waals surface area contributed by atoms with Crippen LogP contribution in [0.25, 0.3) is 0 Å². The number of aliphatic hydroxyl groups is 1. The molecule has 0 aromatic carbocycles. The molecule has 1 saturated heterocycles. The molecule has 124 valence electrons. The second kappa shape index (κ2) is 7.37. The van der Waals surface area contributed by atoms with E-state index in [1.807, 2.05) is 0 Å². The summed E-state index contributed by atoms with van der Waals surface area (Å²) in [5, 5.41) is 10.0. The molecule has 0 radical (unpaired) electrons. The molecule has 0 aromatic heterocycles. The van der Waals surface area contributed by atoms with E-state index in [2.05, 4.69) is 6.58 Å². The van der Waals surface area contributed by atoms with Gasteiger partial charge < -0.3 is 24.1 Å². The summed E-state index contributed by atoms with van der Waals surface area (Å²) in [7, 11) is 0. The van der Waals surface area contributed by atoms with Crippen LogP contribution in [-0.2, 0) is 33.3 Å². The van der Waals surface area contributed by atoms with E-state index in [0.717, 1.165) is 13.8 Å². The van der Waals surface area contributed by atoms with Crippen molar-refractivity contribution in [2.75, 3.05) is 0 Å². The molecule has 8 heteroatoms. The number of carbonyl (C=O) groups excluding carboxylic acids is 3. The van der Waals surface area contributed by atoms with E-state index in [-0.39, 0.29) is 0 Å². The van der Waals surface area contributed by atoms with E-state index in [1.54, 1.807) is 6.92 Å². The highest BCUT2D eigenvalue weighted by Crippen LogP contribution is 2.30. The van der Waals surface area contributed by atoms with Crippen LogP contribution in [0.5, 0.6) is 0 Å². The maximum Gasteiger partial charge on any atom is 0.303 e. The Morgan fingerprint density at radius 3 is 1.68 bits per heavy atom. The van der Waals surface area contributed by atoms with Crippen molar-refractivity contribution in [3.8, 4) is 0 Å². The molecular formula is C14H20O8. The Labute approximate surface area is 128 Å². The lowest BCUT2D eigenvalue weighted by molar-refractivity contribution is -0.284. The maximum absolute atomic E-state index is 11.3. The predicted molar refractivity (Wildman–Crippen MR) is 72.4 cm³/mol. The van der Waals surface area contributed by atoms with Gasteiger partial charge in [-0.2, -0.15) is 0 Å². The second-order valence-corrected chi connectivity index (χ2v) is 5.02. The normalized spacial score (nSPS) is 31.0. The number of aliphatic hydroxyl groups excluding tert-OH is 1. The van der Waals surface area contributed by atoms with E-state index in [0.29, 0.717) is 5.57 Å². The van der Waals surface area contributed by atoms with E-state index in [9.17, 15) is 19.5 Å². The van der Waals surface area contributed by atoms with Gasteiger partial charge in [-0.05, 0) is 12.5 Å².